The Hall–Kier alpha value is 0.511. The van der Waals surface area contributed by atoms with Crippen molar-refractivity contribution in [3.05, 3.63) is 7.43 Å². The van der Waals surface area contributed by atoms with Gasteiger partial charge in [0.25, 0.3) is 0 Å². The zero-order chi connectivity index (χ0) is 0. The number of rotatable bonds is 0. The first kappa shape index (κ1) is 4870. The summed E-state index contributed by atoms with van der Waals surface area (Å²) in [4.78, 5) is 0. The van der Waals surface area contributed by atoms with Crippen molar-refractivity contribution in [2.45, 2.75) is 0 Å². The molecule has 0 aromatic carbocycles. The fourth-order valence-corrected chi connectivity index (χ4v) is 0. The molecule has 0 aromatic rings. The Kier molecular flexibility index (Phi) is 1610000. The van der Waals surface area contributed by atoms with Crippen LogP contribution in [0.4, 0.5) is 0 Å². The van der Waals surface area contributed by atoms with Crippen molar-refractivity contribution < 1.29 is 64.2 Å². The van der Waals surface area contributed by atoms with Gasteiger partial charge in [0, 0.05) is 0 Å². The predicted molar refractivity (Wildman–Crippen MR) is 24.5 cm³/mol. The van der Waals surface area contributed by atoms with Crippen molar-refractivity contribution in [2.24, 2.45) is 0 Å². The SMILES string of the molecule is [Be+2].[C+4].[OH-].[OH-].[OH-].[OH-].[OH-].[OH-].[OH-].[OH-].[Pd+2]. The second-order valence-corrected chi connectivity index (χ2v) is 0. The van der Waals surface area contributed by atoms with Gasteiger partial charge in [-0.2, -0.15) is 0 Å². The molecular weight excluding hydrogens is 255 g/mol. The van der Waals surface area contributed by atoms with Gasteiger partial charge >= 0.3 is 38.0 Å². The van der Waals surface area contributed by atoms with Crippen LogP contribution in [0, 0.1) is 7.43 Å². The van der Waals surface area contributed by atoms with E-state index in [1.54, 1.807) is 0 Å². The van der Waals surface area contributed by atoms with Gasteiger partial charge in [0.15, 0.2) is 0 Å². The van der Waals surface area contributed by atoms with E-state index < -0.39 is 0 Å². The first-order valence-corrected chi connectivity index (χ1v) is 0. The van der Waals surface area contributed by atoms with Gasteiger partial charge in [-0.1, -0.05) is 0 Å². The third-order valence-electron chi connectivity index (χ3n) is 0. The minimum absolute atomic E-state index is 0. The van der Waals surface area contributed by atoms with Gasteiger partial charge in [0.1, 0.15) is 0 Å². The van der Waals surface area contributed by atoms with Crippen LogP contribution in [0.1, 0.15) is 0 Å². The van der Waals surface area contributed by atoms with E-state index in [1.165, 1.54) is 0 Å². The zero-order valence-electron chi connectivity index (χ0n) is 5.10. The molecule has 0 radical (unpaired) electrons. The van der Waals surface area contributed by atoms with E-state index in [1.807, 2.05) is 0 Å². The van der Waals surface area contributed by atoms with Gasteiger partial charge in [-0.3, -0.25) is 0 Å². The van der Waals surface area contributed by atoms with Crippen LogP contribution in [-0.2, 0) is 20.4 Å². The van der Waals surface area contributed by atoms with E-state index >= 15 is 0 Å². The molecule has 0 heterocycles. The van der Waals surface area contributed by atoms with Gasteiger partial charge in [0.2, 0.25) is 0 Å². The van der Waals surface area contributed by atoms with E-state index in [2.05, 4.69) is 0 Å². The van der Waals surface area contributed by atoms with Crippen LogP contribution < -0.4 is 0 Å². The molecule has 11 heavy (non-hydrogen) atoms. The van der Waals surface area contributed by atoms with E-state index in [0.29, 0.717) is 0 Å². The summed E-state index contributed by atoms with van der Waals surface area (Å²) in [5.74, 6) is 0. The maximum atomic E-state index is 0. The van der Waals surface area contributed by atoms with Gasteiger partial charge in [-0.25, -0.2) is 0 Å². The second-order valence-electron chi connectivity index (χ2n) is 0. The van der Waals surface area contributed by atoms with Crippen LogP contribution in [0.25, 0.3) is 0 Å². The summed E-state index contributed by atoms with van der Waals surface area (Å²) in [6, 6.07) is 0. The summed E-state index contributed by atoms with van der Waals surface area (Å²) < 4.78 is 0. The standard InChI is InChI=1S/C.Be.8H2O.Pd/h;;8*1H2;/q+4;+2;;;;;;;;;+2/p-8. The molecule has 10 heteroatoms. The Morgan fingerprint density at radius 1 is 0.364 bits per heavy atom. The molecule has 0 atom stereocenters. The van der Waals surface area contributed by atoms with Crippen molar-refractivity contribution in [3.63, 3.8) is 0 Å². The fraction of sp³-hybridized carbons (Fsp3) is 0. The molecule has 0 aliphatic heterocycles. The molecule has 8 nitrogen and oxygen atoms in total. The van der Waals surface area contributed by atoms with Gasteiger partial charge in [-0.15, -0.1) is 0 Å². The molecule has 0 spiro atoms. The molecular formula is CH8BeO8Pd. The molecule has 0 bridgehead atoms. The van der Waals surface area contributed by atoms with E-state index in [0.717, 1.165) is 0 Å². The van der Waals surface area contributed by atoms with Crippen LogP contribution in [0.3, 0.4) is 0 Å². The van der Waals surface area contributed by atoms with Crippen LogP contribution in [-0.4, -0.2) is 53.9 Å². The van der Waals surface area contributed by atoms with Gasteiger partial charge in [0.05, 0.1) is 0 Å². The summed E-state index contributed by atoms with van der Waals surface area (Å²) in [5, 5.41) is 0. The minimum Gasteiger partial charge on any atom is -0.870 e. The quantitative estimate of drug-likeness (QED) is 0.454. The van der Waals surface area contributed by atoms with E-state index in [4.69, 9.17) is 0 Å². The monoisotopic (exact) mass is 263 g/mol. The third kappa shape index (κ3) is 2910. The largest absolute Gasteiger partial charge is 4.00 e. The fourth-order valence-electron chi connectivity index (χ4n) is 0. The van der Waals surface area contributed by atoms with Crippen molar-refractivity contribution in [3.8, 4) is 0 Å². The summed E-state index contributed by atoms with van der Waals surface area (Å²) in [6.45, 7) is 0. The molecule has 0 unspecified atom stereocenters. The maximum Gasteiger partial charge on any atom is 4.00 e. The molecule has 8 N–H and O–H groups in total. The van der Waals surface area contributed by atoms with Crippen molar-refractivity contribution in [2.75, 3.05) is 0 Å². The minimum atomic E-state index is 0. The molecule has 0 rings (SSSR count). The zero-order valence-corrected chi connectivity index (χ0v) is 6.66. The summed E-state index contributed by atoms with van der Waals surface area (Å²) in [7, 11) is 0. The summed E-state index contributed by atoms with van der Waals surface area (Å²) >= 11 is 0. The molecule has 0 aliphatic rings. The first-order chi connectivity index (χ1) is 0. The molecule has 0 aromatic heterocycles. The Balaban J connectivity index is 0. The van der Waals surface area contributed by atoms with Crippen LogP contribution in [0.2, 0.25) is 0 Å². The van der Waals surface area contributed by atoms with Crippen molar-refractivity contribution >= 4 is 10.1 Å². The Morgan fingerprint density at radius 2 is 0.364 bits per heavy atom. The van der Waals surface area contributed by atoms with Gasteiger partial charge in [-0.05, 0) is 0 Å². The summed E-state index contributed by atoms with van der Waals surface area (Å²) in [6.07, 6.45) is 0. The predicted octanol–water partition coefficient (Wildman–Crippen LogP) is -1.72. The Bertz CT molecular complexity index is 14.1. The topological polar surface area (TPSA) is 240 Å². The second kappa shape index (κ2) is 3640. The molecule has 0 aliphatic carbocycles. The smallest absolute Gasteiger partial charge is 0.870 e. The average molecular weight is 263 g/mol. The summed E-state index contributed by atoms with van der Waals surface area (Å²) in [5.41, 5.74) is 0. The molecule has 0 saturated heterocycles. The molecule has 0 fully saturated rings. The normalized spacial score (nSPS) is 0. The van der Waals surface area contributed by atoms with Crippen LogP contribution in [0.5, 0.6) is 0 Å². The Labute approximate surface area is 82.3 Å². The van der Waals surface area contributed by atoms with Crippen LogP contribution in [0.15, 0.2) is 0 Å². The van der Waals surface area contributed by atoms with Crippen molar-refractivity contribution in [1.82, 2.24) is 0 Å². The molecule has 0 saturated carbocycles. The first-order valence-electron chi connectivity index (χ1n) is 0. The van der Waals surface area contributed by atoms with E-state index in [-0.39, 0.29) is 81.8 Å². The maximum absolute atomic E-state index is 0. The number of hydrogen-bond donors (Lipinski definition) is 0. The van der Waals surface area contributed by atoms with Gasteiger partial charge < -0.3 is 43.8 Å². The number of hydrogen-bond acceptors (Lipinski definition) is 8. The average Bonchev–Trinajstić information content (AvgIpc) is 0. The van der Waals surface area contributed by atoms with E-state index in [9.17, 15) is 0 Å². The Morgan fingerprint density at radius 3 is 0.364 bits per heavy atom. The molecule has 0 amide bonds. The van der Waals surface area contributed by atoms with Crippen molar-refractivity contribution in [1.29, 1.82) is 0 Å². The molecule has 72 valence electrons. The van der Waals surface area contributed by atoms with Crippen LogP contribution >= 0.6 is 0 Å². The third-order valence-corrected chi connectivity index (χ3v) is 0.